The van der Waals surface area contributed by atoms with Crippen molar-refractivity contribution in [3.63, 3.8) is 0 Å². The van der Waals surface area contributed by atoms with Gasteiger partial charge in [0.05, 0.1) is 22.4 Å². The van der Waals surface area contributed by atoms with Gasteiger partial charge in [-0.3, -0.25) is 0 Å². The van der Waals surface area contributed by atoms with Gasteiger partial charge >= 0.3 is 0 Å². The fourth-order valence-electron chi connectivity index (χ4n) is 7.34. The van der Waals surface area contributed by atoms with Crippen molar-refractivity contribution in [1.29, 1.82) is 0 Å². The second-order valence-electron chi connectivity index (χ2n) is 12.1. The molecule has 1 atom stereocenters. The predicted molar refractivity (Wildman–Crippen MR) is 194 cm³/mol. The number of nitrogens with zero attached hydrogens (tertiary/aromatic N) is 2. The summed E-state index contributed by atoms with van der Waals surface area (Å²) < 4.78 is 2.49. The largest absolute Gasteiger partial charge is 0.309 e. The number of anilines is 3. The average molecular weight is 605 g/mol. The van der Waals surface area contributed by atoms with Crippen molar-refractivity contribution < 1.29 is 0 Å². The van der Waals surface area contributed by atoms with E-state index in [4.69, 9.17) is 11.8 Å². The van der Waals surface area contributed by atoms with Crippen LogP contribution in [-0.2, 0) is 11.8 Å². The summed E-state index contributed by atoms with van der Waals surface area (Å²) in [5, 5.41) is 6.30. The van der Waals surface area contributed by atoms with Gasteiger partial charge in [0, 0.05) is 38.8 Å². The van der Waals surface area contributed by atoms with Crippen molar-refractivity contribution in [3.8, 4) is 5.69 Å². The molecule has 0 spiro atoms. The first kappa shape index (κ1) is 27.1. The zero-order chi connectivity index (χ0) is 30.2. The lowest BCUT2D eigenvalue weighted by Crippen LogP contribution is -2.36. The lowest BCUT2D eigenvalue weighted by molar-refractivity contribution is 1.15. The molecule has 1 aliphatic heterocycles. The Morgan fingerprint density at radius 2 is 1.05 bits per heavy atom. The number of rotatable bonds is 3. The van der Waals surface area contributed by atoms with Crippen LogP contribution in [0.3, 0.4) is 0 Å². The maximum atomic E-state index is 6.88. The summed E-state index contributed by atoms with van der Waals surface area (Å²) in [6.07, 6.45) is 0. The van der Waals surface area contributed by atoms with Gasteiger partial charge in [-0.2, -0.15) is 0 Å². The van der Waals surface area contributed by atoms with Crippen molar-refractivity contribution in [1.82, 2.24) is 4.57 Å². The fraction of sp³-hybridized carbons (Fsp3) is 0.100. The zero-order valence-corrected chi connectivity index (χ0v) is 27.1. The van der Waals surface area contributed by atoms with E-state index in [0.717, 1.165) is 22.7 Å². The Labute approximate surface area is 264 Å². The van der Waals surface area contributed by atoms with Gasteiger partial charge in [-0.25, -0.2) is 0 Å². The zero-order valence-electron chi connectivity index (χ0n) is 25.4. The summed E-state index contributed by atoms with van der Waals surface area (Å²) in [6.45, 7) is 8.88. The monoisotopic (exact) mass is 604 g/mol. The molecule has 0 amide bonds. The molecular weight excluding hydrogens is 571 g/mol. The van der Waals surface area contributed by atoms with Gasteiger partial charge in [0.1, 0.15) is 0 Å². The second-order valence-corrected chi connectivity index (χ2v) is 16.4. The molecule has 0 bridgehead atoms. The molecule has 1 aliphatic rings. The number of hydrogen-bond acceptors (Lipinski definition) is 2. The molecule has 0 fully saturated rings. The molecule has 0 saturated heterocycles. The van der Waals surface area contributed by atoms with E-state index in [1.807, 2.05) is 0 Å². The van der Waals surface area contributed by atoms with E-state index in [9.17, 15) is 0 Å². The normalized spacial score (nSPS) is 15.9. The van der Waals surface area contributed by atoms with Gasteiger partial charge in [-0.15, -0.1) is 0 Å². The predicted octanol–water partition coefficient (Wildman–Crippen LogP) is 9.56. The summed E-state index contributed by atoms with van der Waals surface area (Å²) >= 11 is 6.88. The van der Waals surface area contributed by atoms with E-state index in [0.29, 0.717) is 0 Å². The van der Waals surface area contributed by atoms with Gasteiger partial charge in [-0.05, 0) is 92.7 Å². The Balaban J connectivity index is 1.50. The molecule has 44 heavy (non-hydrogen) atoms. The third-order valence-electron chi connectivity index (χ3n) is 9.02. The number of fused-ring (bicyclic) bond motifs is 5. The minimum atomic E-state index is -2.35. The number of aryl methyl sites for hydroxylation is 4. The molecule has 214 valence electrons. The van der Waals surface area contributed by atoms with Crippen molar-refractivity contribution in [2.24, 2.45) is 0 Å². The molecule has 0 N–H and O–H groups in total. The molecule has 0 radical (unpaired) electrons. The van der Waals surface area contributed by atoms with Gasteiger partial charge in [0.15, 0.2) is 0 Å². The first-order valence-corrected chi connectivity index (χ1v) is 17.9. The fourth-order valence-corrected chi connectivity index (χ4v) is 11.6. The van der Waals surface area contributed by atoms with Crippen LogP contribution in [0.15, 0.2) is 127 Å². The summed E-state index contributed by atoms with van der Waals surface area (Å²) in [5.74, 6) is 0. The highest BCUT2D eigenvalue weighted by Gasteiger charge is 2.37. The van der Waals surface area contributed by atoms with Crippen LogP contribution < -0.4 is 20.8 Å². The number of para-hydroxylation sites is 2. The van der Waals surface area contributed by atoms with Gasteiger partial charge in [0.2, 0.25) is 0 Å². The quantitative estimate of drug-likeness (QED) is 0.186. The summed E-state index contributed by atoms with van der Waals surface area (Å²) in [5.41, 5.74) is 12.3. The minimum absolute atomic E-state index is 1.13. The lowest BCUT2D eigenvalue weighted by atomic mass is 10.0. The molecule has 7 aromatic rings. The number of aromatic nitrogens is 1. The van der Waals surface area contributed by atoms with Crippen molar-refractivity contribution in [2.45, 2.75) is 27.7 Å². The van der Waals surface area contributed by atoms with Crippen LogP contribution in [0.1, 0.15) is 22.3 Å². The molecule has 4 heteroatoms. The smallest absolute Gasteiger partial charge is 0.0573 e. The van der Waals surface area contributed by atoms with Gasteiger partial charge < -0.3 is 9.47 Å². The second kappa shape index (κ2) is 10.1. The van der Waals surface area contributed by atoms with Gasteiger partial charge in [0.25, 0.3) is 0 Å². The Morgan fingerprint density at radius 3 is 1.68 bits per heavy atom. The minimum Gasteiger partial charge on any atom is -0.309 e. The summed E-state index contributed by atoms with van der Waals surface area (Å²) in [7, 11) is 0. The first-order valence-electron chi connectivity index (χ1n) is 15.1. The average Bonchev–Trinajstić information content (AvgIpc) is 3.36. The standard InChI is InChI=1S/C40H33N2PS/c1-26-21-28(3)39-33(23-26)34-24-27(2)22-29(4)40(34)42(39)31-19-20-38-36(25-31)41(30-13-7-5-8-14-30)35-17-11-12-18-37(35)43(38,44)32-15-9-6-10-16-32/h5-25H,1-4H3. The van der Waals surface area contributed by atoms with Crippen LogP contribution in [0.2, 0.25) is 0 Å². The third-order valence-corrected chi connectivity index (χ3v) is 14.0. The van der Waals surface area contributed by atoms with E-state index >= 15 is 0 Å². The molecular formula is C40H33N2PS. The maximum Gasteiger partial charge on any atom is 0.0573 e. The lowest BCUT2D eigenvalue weighted by Gasteiger charge is -2.40. The molecule has 2 heterocycles. The van der Waals surface area contributed by atoms with E-state index in [1.165, 1.54) is 60.0 Å². The Morgan fingerprint density at radius 1 is 0.500 bits per heavy atom. The molecule has 6 aromatic carbocycles. The van der Waals surface area contributed by atoms with E-state index in [2.05, 4.69) is 165 Å². The Hall–Kier alpha value is -4.43. The highest BCUT2D eigenvalue weighted by Crippen LogP contribution is 2.54. The third kappa shape index (κ3) is 3.90. The first-order chi connectivity index (χ1) is 21.4. The van der Waals surface area contributed by atoms with Crippen LogP contribution in [-0.4, -0.2) is 4.57 Å². The molecule has 1 aromatic heterocycles. The van der Waals surface area contributed by atoms with Crippen LogP contribution in [0.25, 0.3) is 27.5 Å². The van der Waals surface area contributed by atoms with Crippen molar-refractivity contribution in [3.05, 3.63) is 150 Å². The highest BCUT2D eigenvalue weighted by atomic mass is 32.4. The Kier molecular flexibility index (Phi) is 6.20. The SMILES string of the molecule is Cc1cc(C)c2c(c1)c1cc(C)cc(C)c1n2-c1ccc2c(c1)N(c1ccccc1)c1ccccc1P2(=S)c1ccccc1. The topological polar surface area (TPSA) is 8.17 Å². The van der Waals surface area contributed by atoms with Crippen LogP contribution >= 0.6 is 6.04 Å². The summed E-state index contributed by atoms with van der Waals surface area (Å²) in [6, 6.07) is 44.2. The molecule has 0 aliphatic carbocycles. The maximum absolute atomic E-state index is 6.88. The molecule has 2 nitrogen and oxygen atoms in total. The Bertz CT molecular complexity index is 2240. The number of hydrogen-bond donors (Lipinski definition) is 0. The van der Waals surface area contributed by atoms with E-state index in [-0.39, 0.29) is 0 Å². The molecule has 0 saturated carbocycles. The van der Waals surface area contributed by atoms with Gasteiger partial charge in [-0.1, -0.05) is 102 Å². The van der Waals surface area contributed by atoms with Crippen molar-refractivity contribution in [2.75, 3.05) is 4.90 Å². The number of benzene rings is 6. The molecule has 1 unspecified atom stereocenters. The van der Waals surface area contributed by atoms with Crippen molar-refractivity contribution >= 4 is 72.6 Å². The van der Waals surface area contributed by atoms with Crippen LogP contribution in [0, 0.1) is 27.7 Å². The summed E-state index contributed by atoms with van der Waals surface area (Å²) in [4.78, 5) is 2.42. The highest BCUT2D eigenvalue weighted by molar-refractivity contribution is 8.25. The molecule has 8 rings (SSSR count). The van der Waals surface area contributed by atoms with E-state index < -0.39 is 6.04 Å². The van der Waals surface area contributed by atoms with E-state index in [1.54, 1.807) is 0 Å². The van der Waals surface area contributed by atoms with Crippen LogP contribution in [0.5, 0.6) is 0 Å². The van der Waals surface area contributed by atoms with Crippen LogP contribution in [0.4, 0.5) is 17.1 Å².